The van der Waals surface area contributed by atoms with Crippen molar-refractivity contribution in [1.82, 2.24) is 0 Å². The van der Waals surface area contributed by atoms with Crippen LogP contribution in [0, 0.1) is 0 Å². The fourth-order valence-electron chi connectivity index (χ4n) is 0.204. The van der Waals surface area contributed by atoms with E-state index < -0.39 is 0 Å². The Morgan fingerprint density at radius 2 is 1.62 bits per heavy atom. The smallest absolute Gasteiger partial charge is 0.00774 e. The number of rotatable bonds is 2. The molecule has 0 aromatic carbocycles. The zero-order valence-corrected chi connectivity index (χ0v) is 6.11. The predicted octanol–water partition coefficient (Wildman–Crippen LogP) is 1.92. The Bertz CT molecular complexity index is 16.0. The largest absolute Gasteiger partial charge is 0.330 e. The van der Waals surface area contributed by atoms with Crippen LogP contribution in [-0.4, -0.2) is 6.54 Å². The van der Waals surface area contributed by atoms with E-state index in [1.165, 1.54) is 12.8 Å². The molecule has 0 bridgehead atoms. The molecule has 0 saturated heterocycles. The molecule has 0 aromatic heterocycles. The lowest BCUT2D eigenvalue weighted by atomic mass is 10.3. The summed E-state index contributed by atoms with van der Waals surface area (Å²) in [6, 6.07) is 0. The van der Waals surface area contributed by atoms with Gasteiger partial charge >= 0.3 is 0 Å². The van der Waals surface area contributed by atoms with Gasteiger partial charge in [0, 0.05) is 0 Å². The van der Waals surface area contributed by atoms with Crippen molar-refractivity contribution < 1.29 is 4.70 Å². The average molecular weight is 123 g/mol. The molecular weight excluding hydrogens is 105 g/mol. The molecule has 0 rings (SSSR count). The number of hydrogen-bond acceptors (Lipinski definition) is 1. The Morgan fingerprint density at radius 3 is 1.62 bits per heavy atom. The van der Waals surface area contributed by atoms with E-state index >= 15 is 0 Å². The Balaban J connectivity index is -0.0000000750. The minimum atomic E-state index is 0. The molecule has 0 aromatic rings. The molecule has 0 unspecified atom stereocenters. The lowest BCUT2D eigenvalue weighted by Crippen LogP contribution is -1.95. The highest BCUT2D eigenvalue weighted by molar-refractivity contribution is 4.29. The molecule has 0 radical (unpaired) electrons. The quantitative estimate of drug-likeness (QED) is 0.596. The first-order valence-electron chi connectivity index (χ1n) is 3.12. The molecule has 1 nitrogen and oxygen atoms in total. The van der Waals surface area contributed by atoms with Gasteiger partial charge in [0.1, 0.15) is 0 Å². The highest BCUT2D eigenvalue weighted by Gasteiger charge is 1.67. The molecule has 0 atom stereocenters. The predicted molar refractivity (Wildman–Crippen MR) is 37.8 cm³/mol. The standard InChI is InChI=1S/C4H11N.C2H6.FH/c1-2-3-4-5;1-2;/h2-5H2,1H3;1-2H3;1H. The second-order valence-corrected chi connectivity index (χ2v) is 1.14. The number of hydrogen-bond donors (Lipinski definition) is 1. The third-order valence-corrected chi connectivity index (χ3v) is 0.558. The zero-order chi connectivity index (χ0) is 6.12. The second-order valence-electron chi connectivity index (χ2n) is 1.14. The summed E-state index contributed by atoms with van der Waals surface area (Å²) in [4.78, 5) is 0. The summed E-state index contributed by atoms with van der Waals surface area (Å²) in [6.07, 6.45) is 2.39. The maximum absolute atomic E-state index is 5.14. The first-order chi connectivity index (χ1) is 3.41. The van der Waals surface area contributed by atoms with E-state index in [1.54, 1.807) is 0 Å². The van der Waals surface area contributed by atoms with Crippen molar-refractivity contribution in [1.29, 1.82) is 0 Å². The molecule has 54 valence electrons. The van der Waals surface area contributed by atoms with E-state index in [0.29, 0.717) is 0 Å². The van der Waals surface area contributed by atoms with Crippen molar-refractivity contribution in [2.24, 2.45) is 5.73 Å². The van der Waals surface area contributed by atoms with Gasteiger partial charge in [-0.2, -0.15) is 0 Å². The summed E-state index contributed by atoms with van der Waals surface area (Å²) in [6.45, 7) is 6.98. The third-order valence-electron chi connectivity index (χ3n) is 0.558. The van der Waals surface area contributed by atoms with Crippen molar-refractivity contribution >= 4 is 0 Å². The summed E-state index contributed by atoms with van der Waals surface area (Å²) >= 11 is 0. The van der Waals surface area contributed by atoms with Gasteiger partial charge in [-0.05, 0) is 13.0 Å². The molecule has 0 fully saturated rings. The highest BCUT2D eigenvalue weighted by Crippen LogP contribution is 1.77. The summed E-state index contributed by atoms with van der Waals surface area (Å²) in [7, 11) is 0. The summed E-state index contributed by atoms with van der Waals surface area (Å²) < 4.78 is 0. The monoisotopic (exact) mass is 123 g/mol. The van der Waals surface area contributed by atoms with Crippen LogP contribution in [-0.2, 0) is 0 Å². The average Bonchev–Trinajstić information content (AvgIpc) is 1.75. The van der Waals surface area contributed by atoms with Crippen LogP contribution in [0.1, 0.15) is 33.6 Å². The molecule has 0 heterocycles. The fourth-order valence-corrected chi connectivity index (χ4v) is 0.204. The molecule has 2 heteroatoms. The van der Waals surface area contributed by atoms with Crippen LogP contribution < -0.4 is 5.73 Å². The lowest BCUT2D eigenvalue weighted by Gasteiger charge is -1.80. The number of halogens is 1. The first kappa shape index (κ1) is 15.7. The minimum absolute atomic E-state index is 0. The van der Waals surface area contributed by atoms with Gasteiger partial charge < -0.3 is 5.73 Å². The van der Waals surface area contributed by atoms with Gasteiger partial charge in [0.15, 0.2) is 0 Å². The Labute approximate surface area is 51.6 Å². The van der Waals surface area contributed by atoms with Crippen LogP contribution in [0.2, 0.25) is 0 Å². The van der Waals surface area contributed by atoms with E-state index in [-0.39, 0.29) is 4.70 Å². The number of nitrogens with two attached hydrogens (primary N) is 1. The van der Waals surface area contributed by atoms with Crippen LogP contribution in [0.25, 0.3) is 0 Å². The molecule has 0 aliphatic carbocycles. The van der Waals surface area contributed by atoms with Crippen LogP contribution in [0.5, 0.6) is 0 Å². The van der Waals surface area contributed by atoms with Gasteiger partial charge in [0.2, 0.25) is 0 Å². The van der Waals surface area contributed by atoms with Crippen molar-refractivity contribution in [2.45, 2.75) is 33.6 Å². The first-order valence-corrected chi connectivity index (χ1v) is 3.12. The SMILES string of the molecule is CC.CCCCN.F. The van der Waals surface area contributed by atoms with E-state index in [1.807, 2.05) is 13.8 Å². The molecule has 8 heavy (non-hydrogen) atoms. The topological polar surface area (TPSA) is 26.0 Å². The third kappa shape index (κ3) is 39.4. The molecule has 0 saturated carbocycles. The van der Waals surface area contributed by atoms with Gasteiger partial charge in [0.25, 0.3) is 0 Å². The molecular formula is C6H18FN. The fraction of sp³-hybridized carbons (Fsp3) is 1.00. The lowest BCUT2D eigenvalue weighted by molar-refractivity contribution is 0.807. The summed E-state index contributed by atoms with van der Waals surface area (Å²) in [5, 5.41) is 0. The maximum Gasteiger partial charge on any atom is -0.00774 e. The van der Waals surface area contributed by atoms with Crippen LogP contribution >= 0.6 is 0 Å². The Morgan fingerprint density at radius 1 is 1.25 bits per heavy atom. The Kier molecular flexibility index (Phi) is 56.0. The van der Waals surface area contributed by atoms with Crippen LogP contribution in [0.3, 0.4) is 0 Å². The molecule has 0 aliphatic heterocycles. The van der Waals surface area contributed by atoms with E-state index in [4.69, 9.17) is 5.73 Å². The molecule has 0 spiro atoms. The van der Waals surface area contributed by atoms with E-state index in [2.05, 4.69) is 6.92 Å². The van der Waals surface area contributed by atoms with E-state index in [9.17, 15) is 0 Å². The van der Waals surface area contributed by atoms with Gasteiger partial charge in [-0.1, -0.05) is 27.2 Å². The van der Waals surface area contributed by atoms with E-state index in [0.717, 1.165) is 6.54 Å². The normalized spacial score (nSPS) is 6.00. The minimum Gasteiger partial charge on any atom is -0.330 e. The molecule has 0 aliphatic rings. The van der Waals surface area contributed by atoms with Gasteiger partial charge in [-0.25, -0.2) is 0 Å². The van der Waals surface area contributed by atoms with Crippen molar-refractivity contribution in [3.05, 3.63) is 0 Å². The van der Waals surface area contributed by atoms with Crippen LogP contribution in [0.15, 0.2) is 0 Å². The molecule has 0 amide bonds. The second kappa shape index (κ2) is 28.6. The Hall–Kier alpha value is -0.110. The van der Waals surface area contributed by atoms with Crippen molar-refractivity contribution in [3.63, 3.8) is 0 Å². The van der Waals surface area contributed by atoms with Gasteiger partial charge in [-0.3, -0.25) is 4.70 Å². The summed E-state index contributed by atoms with van der Waals surface area (Å²) in [5.41, 5.74) is 5.14. The summed E-state index contributed by atoms with van der Waals surface area (Å²) in [5.74, 6) is 0. The van der Waals surface area contributed by atoms with Crippen LogP contribution in [0.4, 0.5) is 4.70 Å². The zero-order valence-electron chi connectivity index (χ0n) is 6.11. The van der Waals surface area contributed by atoms with Crippen molar-refractivity contribution in [2.75, 3.05) is 6.54 Å². The molecule has 2 N–H and O–H groups in total. The van der Waals surface area contributed by atoms with Gasteiger partial charge in [0.05, 0.1) is 0 Å². The maximum atomic E-state index is 5.14. The van der Waals surface area contributed by atoms with Gasteiger partial charge in [-0.15, -0.1) is 0 Å². The highest BCUT2D eigenvalue weighted by atomic mass is 19.0. The number of unbranched alkanes of at least 4 members (excludes halogenated alkanes) is 1. The van der Waals surface area contributed by atoms with Crippen molar-refractivity contribution in [3.8, 4) is 0 Å².